The van der Waals surface area contributed by atoms with Crippen molar-refractivity contribution >= 4 is 27.1 Å². The number of halogens is 1. The van der Waals surface area contributed by atoms with Crippen LogP contribution in [-0.4, -0.2) is 18.7 Å². The Bertz CT molecular complexity index is 980. The Morgan fingerprint density at radius 1 is 1.09 bits per heavy atom. The Balaban J connectivity index is 2.26. The highest BCUT2D eigenvalue weighted by Gasteiger charge is 2.17. The van der Waals surface area contributed by atoms with Crippen LogP contribution in [-0.2, 0) is 20.6 Å². The first-order chi connectivity index (χ1) is 10.4. The van der Waals surface area contributed by atoms with Crippen LogP contribution in [0.2, 0.25) is 0 Å². The maximum atomic E-state index is 12.2. The molecule has 0 aliphatic heterocycles. The van der Waals surface area contributed by atoms with Crippen molar-refractivity contribution in [3.8, 4) is 0 Å². The van der Waals surface area contributed by atoms with Crippen LogP contribution in [0.4, 0.5) is 0 Å². The van der Waals surface area contributed by atoms with Crippen LogP contribution in [0.15, 0.2) is 38.6 Å². The molecule has 3 aromatic rings. The maximum absolute atomic E-state index is 12.2. The van der Waals surface area contributed by atoms with E-state index >= 15 is 0 Å². The molecule has 0 aliphatic carbocycles. The summed E-state index contributed by atoms with van der Waals surface area (Å²) >= 11 is 3.39. The van der Waals surface area contributed by atoms with Gasteiger partial charge in [-0.05, 0) is 28.4 Å². The van der Waals surface area contributed by atoms with Crippen LogP contribution in [0, 0.1) is 6.92 Å². The molecule has 0 amide bonds. The summed E-state index contributed by atoms with van der Waals surface area (Å²) in [7, 11) is 3.10. The molecule has 0 fully saturated rings. The molecule has 0 aliphatic rings. The van der Waals surface area contributed by atoms with Crippen LogP contribution in [0.3, 0.4) is 0 Å². The molecule has 0 N–H and O–H groups in total. The summed E-state index contributed by atoms with van der Waals surface area (Å²) in [5.74, 6) is 0. The summed E-state index contributed by atoms with van der Waals surface area (Å²) < 4.78 is 4.87. The smallest absolute Gasteiger partial charge is 0.300 e. The molecule has 6 nitrogen and oxygen atoms in total. The van der Waals surface area contributed by atoms with Crippen molar-refractivity contribution in [1.82, 2.24) is 18.7 Å². The highest BCUT2D eigenvalue weighted by molar-refractivity contribution is 9.10. The van der Waals surface area contributed by atoms with Crippen LogP contribution in [0.25, 0.3) is 11.2 Å². The number of nitrogens with zero attached hydrogens (tertiary/aromatic N) is 4. The number of aryl methyl sites for hydroxylation is 2. The Labute approximate surface area is 134 Å². The predicted molar refractivity (Wildman–Crippen MR) is 88.2 cm³/mol. The zero-order valence-electron chi connectivity index (χ0n) is 12.5. The average molecular weight is 363 g/mol. The SMILES string of the molecule is Cc1ccc(Cn2c(Br)nc3c(=O)n(C)c(=O)n(C)c32)cc1. The van der Waals surface area contributed by atoms with Gasteiger partial charge in [-0.3, -0.25) is 18.5 Å². The number of aromatic nitrogens is 4. The summed E-state index contributed by atoms with van der Waals surface area (Å²) in [6, 6.07) is 8.10. The molecular formula is C15H15BrN4O2. The lowest BCUT2D eigenvalue weighted by Crippen LogP contribution is -2.37. The minimum Gasteiger partial charge on any atom is -0.300 e. The molecule has 0 atom stereocenters. The van der Waals surface area contributed by atoms with E-state index in [1.807, 2.05) is 35.8 Å². The number of hydrogen-bond donors (Lipinski definition) is 0. The number of imidazole rings is 1. The van der Waals surface area contributed by atoms with Gasteiger partial charge in [0.2, 0.25) is 0 Å². The molecule has 0 radical (unpaired) electrons. The predicted octanol–water partition coefficient (Wildman–Crippen LogP) is 1.55. The fourth-order valence-electron chi connectivity index (χ4n) is 2.48. The van der Waals surface area contributed by atoms with Crippen molar-refractivity contribution < 1.29 is 0 Å². The quantitative estimate of drug-likeness (QED) is 0.649. The lowest BCUT2D eigenvalue weighted by atomic mass is 10.1. The van der Waals surface area contributed by atoms with Crippen molar-refractivity contribution in [2.45, 2.75) is 13.5 Å². The standard InChI is InChI=1S/C15H15BrN4O2/c1-9-4-6-10(7-5-9)8-20-12-11(17-14(20)16)13(21)19(3)15(22)18(12)2/h4-7H,8H2,1-3H3. The summed E-state index contributed by atoms with van der Waals surface area (Å²) in [6.45, 7) is 2.55. The second-order valence-electron chi connectivity index (χ2n) is 5.33. The number of hydrogen-bond acceptors (Lipinski definition) is 3. The molecule has 0 saturated heterocycles. The largest absolute Gasteiger partial charge is 0.332 e. The fourth-order valence-corrected chi connectivity index (χ4v) is 2.95. The van der Waals surface area contributed by atoms with Gasteiger partial charge in [-0.15, -0.1) is 0 Å². The third kappa shape index (κ3) is 2.21. The first-order valence-electron chi connectivity index (χ1n) is 6.77. The lowest BCUT2D eigenvalue weighted by Gasteiger charge is -2.10. The molecule has 1 aromatic carbocycles. The minimum absolute atomic E-state index is 0.281. The van der Waals surface area contributed by atoms with Crippen molar-refractivity contribution in [3.63, 3.8) is 0 Å². The lowest BCUT2D eigenvalue weighted by molar-refractivity contribution is 0.685. The molecule has 22 heavy (non-hydrogen) atoms. The Kier molecular flexibility index (Phi) is 3.52. The van der Waals surface area contributed by atoms with Crippen molar-refractivity contribution in [2.24, 2.45) is 14.1 Å². The van der Waals surface area contributed by atoms with E-state index in [2.05, 4.69) is 20.9 Å². The maximum Gasteiger partial charge on any atom is 0.332 e. The van der Waals surface area contributed by atoms with E-state index in [1.54, 1.807) is 7.05 Å². The molecular weight excluding hydrogens is 348 g/mol. The van der Waals surface area contributed by atoms with E-state index in [4.69, 9.17) is 0 Å². The first kappa shape index (κ1) is 14.8. The van der Waals surface area contributed by atoms with E-state index in [-0.39, 0.29) is 16.8 Å². The van der Waals surface area contributed by atoms with Gasteiger partial charge >= 0.3 is 5.69 Å². The molecule has 2 heterocycles. The average Bonchev–Trinajstić information content (AvgIpc) is 2.82. The number of fused-ring (bicyclic) bond motifs is 1. The second-order valence-corrected chi connectivity index (χ2v) is 6.04. The fraction of sp³-hybridized carbons (Fsp3) is 0.267. The van der Waals surface area contributed by atoms with Crippen LogP contribution >= 0.6 is 15.9 Å². The van der Waals surface area contributed by atoms with Gasteiger partial charge in [-0.25, -0.2) is 9.78 Å². The van der Waals surface area contributed by atoms with Crippen molar-refractivity contribution in [3.05, 3.63) is 61.0 Å². The van der Waals surface area contributed by atoms with E-state index in [0.717, 1.165) is 10.1 Å². The van der Waals surface area contributed by atoms with Gasteiger partial charge in [0.25, 0.3) is 5.56 Å². The highest BCUT2D eigenvalue weighted by Crippen LogP contribution is 2.18. The summed E-state index contributed by atoms with van der Waals surface area (Å²) in [5.41, 5.74) is 2.29. The van der Waals surface area contributed by atoms with Gasteiger partial charge in [0.1, 0.15) is 0 Å². The normalized spacial score (nSPS) is 11.3. The van der Waals surface area contributed by atoms with Crippen molar-refractivity contribution in [1.29, 1.82) is 0 Å². The number of rotatable bonds is 2. The van der Waals surface area contributed by atoms with Crippen LogP contribution in [0.1, 0.15) is 11.1 Å². The second kappa shape index (κ2) is 5.24. The zero-order chi connectivity index (χ0) is 16.0. The van der Waals surface area contributed by atoms with E-state index < -0.39 is 0 Å². The first-order valence-corrected chi connectivity index (χ1v) is 7.56. The third-order valence-electron chi connectivity index (χ3n) is 3.75. The van der Waals surface area contributed by atoms with E-state index in [9.17, 15) is 9.59 Å². The van der Waals surface area contributed by atoms with Crippen LogP contribution in [0.5, 0.6) is 0 Å². The van der Waals surface area contributed by atoms with Gasteiger partial charge in [0, 0.05) is 14.1 Å². The van der Waals surface area contributed by atoms with E-state index in [1.165, 1.54) is 17.2 Å². The molecule has 114 valence electrons. The number of benzene rings is 1. The summed E-state index contributed by atoms with van der Waals surface area (Å²) in [5, 5.41) is 0. The van der Waals surface area contributed by atoms with Crippen LogP contribution < -0.4 is 11.2 Å². The Morgan fingerprint density at radius 3 is 2.36 bits per heavy atom. The van der Waals surface area contributed by atoms with Crippen molar-refractivity contribution in [2.75, 3.05) is 0 Å². The molecule has 0 spiro atoms. The monoisotopic (exact) mass is 362 g/mol. The van der Waals surface area contributed by atoms with Gasteiger partial charge < -0.3 is 0 Å². The summed E-state index contributed by atoms with van der Waals surface area (Å²) in [6.07, 6.45) is 0. The third-order valence-corrected chi connectivity index (χ3v) is 4.36. The molecule has 2 aromatic heterocycles. The van der Waals surface area contributed by atoms with Gasteiger partial charge in [-0.1, -0.05) is 29.8 Å². The minimum atomic E-state index is -0.388. The van der Waals surface area contributed by atoms with Gasteiger partial charge in [-0.2, -0.15) is 0 Å². The molecule has 3 rings (SSSR count). The van der Waals surface area contributed by atoms with Gasteiger partial charge in [0.05, 0.1) is 6.54 Å². The molecule has 0 unspecified atom stereocenters. The molecule has 0 bridgehead atoms. The van der Waals surface area contributed by atoms with E-state index in [0.29, 0.717) is 16.9 Å². The van der Waals surface area contributed by atoms with Gasteiger partial charge in [0.15, 0.2) is 15.9 Å². The topological polar surface area (TPSA) is 61.8 Å². The Hall–Kier alpha value is -2.15. The Morgan fingerprint density at radius 2 is 1.73 bits per heavy atom. The molecule has 0 saturated carbocycles. The molecule has 7 heteroatoms. The summed E-state index contributed by atoms with van der Waals surface area (Å²) in [4.78, 5) is 28.6. The highest BCUT2D eigenvalue weighted by atomic mass is 79.9. The zero-order valence-corrected chi connectivity index (χ0v) is 14.1.